The van der Waals surface area contributed by atoms with Crippen LogP contribution < -0.4 is 5.46 Å². The van der Waals surface area contributed by atoms with E-state index in [2.05, 4.69) is 4.98 Å². The van der Waals surface area contributed by atoms with E-state index >= 15 is 0 Å². The molecule has 0 spiro atoms. The topological polar surface area (TPSA) is 53.4 Å². The average molecular weight is 189 g/mol. The van der Waals surface area contributed by atoms with Gasteiger partial charge in [-0.3, -0.25) is 0 Å². The molecule has 3 nitrogen and oxygen atoms in total. The monoisotopic (exact) mass is 189 g/mol. The molecule has 1 heterocycles. The van der Waals surface area contributed by atoms with Gasteiger partial charge in [0.05, 0.1) is 0 Å². The molecule has 0 saturated heterocycles. The number of aryl methyl sites for hydroxylation is 1. The summed E-state index contributed by atoms with van der Waals surface area (Å²) in [5.74, 6) is -0.891. The molecule has 6 heteroatoms. The Bertz CT molecular complexity index is 308. The molecule has 0 aromatic carbocycles. The van der Waals surface area contributed by atoms with E-state index in [1.165, 1.54) is 6.07 Å². The van der Waals surface area contributed by atoms with Crippen LogP contribution in [-0.4, -0.2) is 22.2 Å². The third kappa shape index (κ3) is 1.74. The van der Waals surface area contributed by atoms with Gasteiger partial charge in [-0.2, -0.15) is 0 Å². The molecule has 0 aliphatic rings. The second-order valence-electron chi connectivity index (χ2n) is 2.33. The molecule has 0 aliphatic carbocycles. The first-order chi connectivity index (χ1) is 5.52. The highest BCUT2D eigenvalue weighted by molar-refractivity contribution is 6.59. The first kappa shape index (κ1) is 9.44. The Hall–Kier alpha value is -0.645. The molecule has 1 aromatic rings. The van der Waals surface area contributed by atoms with E-state index in [9.17, 15) is 4.39 Å². The quantitative estimate of drug-likeness (QED) is 0.478. The first-order valence-corrected chi connectivity index (χ1v) is 3.59. The van der Waals surface area contributed by atoms with E-state index in [0.29, 0.717) is 5.69 Å². The summed E-state index contributed by atoms with van der Waals surface area (Å²) in [5.41, 5.74) is 0.178. The zero-order valence-electron chi connectivity index (χ0n) is 6.25. The first-order valence-electron chi connectivity index (χ1n) is 3.21. The highest BCUT2D eigenvalue weighted by Gasteiger charge is 2.19. The fraction of sp³-hybridized carbons (Fsp3) is 0.167. The van der Waals surface area contributed by atoms with Crippen LogP contribution in [0, 0.1) is 12.7 Å². The molecule has 12 heavy (non-hydrogen) atoms. The van der Waals surface area contributed by atoms with Crippen molar-refractivity contribution in [3.05, 3.63) is 22.7 Å². The summed E-state index contributed by atoms with van der Waals surface area (Å²) in [7, 11) is -1.86. The van der Waals surface area contributed by atoms with Crippen molar-refractivity contribution in [3.63, 3.8) is 0 Å². The van der Waals surface area contributed by atoms with Gasteiger partial charge in [0, 0.05) is 11.2 Å². The Morgan fingerprint density at radius 1 is 1.58 bits per heavy atom. The summed E-state index contributed by atoms with van der Waals surface area (Å²) in [5, 5.41) is 17.0. The normalized spacial score (nSPS) is 10.1. The van der Waals surface area contributed by atoms with Gasteiger partial charge in [-0.15, -0.1) is 0 Å². The van der Waals surface area contributed by atoms with Gasteiger partial charge in [0.1, 0.15) is 0 Å². The molecule has 2 N–H and O–H groups in total. The maximum absolute atomic E-state index is 12.9. The molecule has 0 bridgehead atoms. The second-order valence-corrected chi connectivity index (χ2v) is 2.69. The lowest BCUT2D eigenvalue weighted by Gasteiger charge is -2.03. The summed E-state index contributed by atoms with van der Waals surface area (Å²) >= 11 is 5.35. The molecule has 64 valence electrons. The lowest BCUT2D eigenvalue weighted by Crippen LogP contribution is -2.33. The van der Waals surface area contributed by atoms with Crippen molar-refractivity contribution >= 4 is 24.2 Å². The van der Waals surface area contributed by atoms with Gasteiger partial charge in [0.25, 0.3) is 0 Å². The number of halogens is 2. The lowest BCUT2D eigenvalue weighted by atomic mass is 9.80. The minimum Gasteiger partial charge on any atom is -0.423 e. The molecule has 1 rings (SSSR count). The Kier molecular flexibility index (Phi) is 2.67. The maximum atomic E-state index is 12.9. The number of pyridine rings is 1. The van der Waals surface area contributed by atoms with Crippen LogP contribution in [0.5, 0.6) is 0 Å². The van der Waals surface area contributed by atoms with E-state index in [1.54, 1.807) is 6.92 Å². The van der Waals surface area contributed by atoms with Crippen molar-refractivity contribution in [1.29, 1.82) is 0 Å². The largest absolute Gasteiger partial charge is 0.491 e. The zero-order chi connectivity index (χ0) is 9.30. The number of hydrogen-bond donors (Lipinski definition) is 2. The zero-order valence-corrected chi connectivity index (χ0v) is 7.01. The van der Waals surface area contributed by atoms with Gasteiger partial charge < -0.3 is 10.0 Å². The van der Waals surface area contributed by atoms with Crippen LogP contribution in [0.4, 0.5) is 4.39 Å². The number of rotatable bonds is 1. The van der Waals surface area contributed by atoms with Crippen molar-refractivity contribution in [2.45, 2.75) is 6.92 Å². The van der Waals surface area contributed by atoms with Crippen molar-refractivity contribution in [3.8, 4) is 0 Å². The van der Waals surface area contributed by atoms with Gasteiger partial charge in [-0.05, 0) is 13.0 Å². The third-order valence-electron chi connectivity index (χ3n) is 1.35. The molecule has 0 atom stereocenters. The molecular weight excluding hydrogens is 183 g/mol. The fourth-order valence-corrected chi connectivity index (χ4v) is 1.07. The maximum Gasteiger partial charge on any atom is 0.491 e. The van der Waals surface area contributed by atoms with E-state index in [1.807, 2.05) is 0 Å². The molecule has 1 aromatic heterocycles. The summed E-state index contributed by atoms with van der Waals surface area (Å²) in [6.45, 7) is 1.58. The predicted octanol–water partition coefficient (Wildman–Crippen LogP) is -0.138. The predicted molar refractivity (Wildman–Crippen MR) is 43.8 cm³/mol. The Balaban J connectivity index is 3.28. The van der Waals surface area contributed by atoms with Crippen LogP contribution in [0.1, 0.15) is 5.69 Å². The van der Waals surface area contributed by atoms with Gasteiger partial charge in [-0.25, -0.2) is 9.37 Å². The van der Waals surface area contributed by atoms with Crippen molar-refractivity contribution in [2.24, 2.45) is 0 Å². The van der Waals surface area contributed by atoms with Crippen molar-refractivity contribution < 1.29 is 14.4 Å². The van der Waals surface area contributed by atoms with Crippen molar-refractivity contribution in [1.82, 2.24) is 4.98 Å². The van der Waals surface area contributed by atoms with Gasteiger partial charge >= 0.3 is 7.12 Å². The Morgan fingerprint density at radius 3 is 2.67 bits per heavy atom. The van der Waals surface area contributed by atoms with Gasteiger partial charge in [0.15, 0.2) is 11.0 Å². The molecule has 0 amide bonds. The fourth-order valence-electron chi connectivity index (χ4n) is 0.832. The summed E-state index contributed by atoms with van der Waals surface area (Å²) in [6, 6.07) is 1.23. The van der Waals surface area contributed by atoms with Crippen LogP contribution in [0.15, 0.2) is 6.07 Å². The summed E-state index contributed by atoms with van der Waals surface area (Å²) in [4.78, 5) is 3.58. The molecule has 0 radical (unpaired) electrons. The van der Waals surface area contributed by atoms with Crippen LogP contribution in [0.2, 0.25) is 5.15 Å². The van der Waals surface area contributed by atoms with E-state index in [0.717, 1.165) is 0 Å². The smallest absolute Gasteiger partial charge is 0.423 e. The second kappa shape index (κ2) is 3.39. The highest BCUT2D eigenvalue weighted by atomic mass is 35.5. The lowest BCUT2D eigenvalue weighted by molar-refractivity contribution is 0.422. The van der Waals surface area contributed by atoms with E-state index < -0.39 is 12.9 Å². The van der Waals surface area contributed by atoms with E-state index in [4.69, 9.17) is 21.6 Å². The molecule has 0 fully saturated rings. The van der Waals surface area contributed by atoms with E-state index in [-0.39, 0.29) is 10.6 Å². The van der Waals surface area contributed by atoms with Crippen LogP contribution in [-0.2, 0) is 0 Å². The SMILES string of the molecule is Cc1cc(B(O)O)c(F)c(Cl)n1. The molecule has 0 unspecified atom stereocenters. The average Bonchev–Trinajstić information content (AvgIpc) is 1.96. The highest BCUT2D eigenvalue weighted by Crippen LogP contribution is 2.09. The number of hydrogen-bond acceptors (Lipinski definition) is 3. The van der Waals surface area contributed by atoms with Crippen molar-refractivity contribution in [2.75, 3.05) is 0 Å². The minimum atomic E-state index is -1.86. The minimum absolute atomic E-state index is 0.257. The molecular formula is C6H6BClFNO2. The van der Waals surface area contributed by atoms with Crippen LogP contribution >= 0.6 is 11.6 Å². The van der Waals surface area contributed by atoms with Crippen LogP contribution in [0.25, 0.3) is 0 Å². The Morgan fingerprint density at radius 2 is 2.17 bits per heavy atom. The number of aromatic nitrogens is 1. The molecule has 0 saturated carbocycles. The number of nitrogens with zero attached hydrogens (tertiary/aromatic N) is 1. The Labute approximate surface area is 74.0 Å². The third-order valence-corrected chi connectivity index (χ3v) is 1.60. The summed E-state index contributed by atoms with van der Waals surface area (Å²) < 4.78 is 12.9. The van der Waals surface area contributed by atoms with Gasteiger partial charge in [-0.1, -0.05) is 11.6 Å². The standard InChI is InChI=1S/C6H6BClFNO2/c1-3-2-4(7(11)12)5(9)6(8)10-3/h2,11-12H,1H3. The van der Waals surface area contributed by atoms with Crippen LogP contribution in [0.3, 0.4) is 0 Å². The molecule has 0 aliphatic heterocycles. The van der Waals surface area contributed by atoms with Gasteiger partial charge in [0.2, 0.25) is 0 Å². The summed E-state index contributed by atoms with van der Waals surface area (Å²) in [6.07, 6.45) is 0.